The molecule has 0 saturated carbocycles. The van der Waals surface area contributed by atoms with E-state index >= 15 is 0 Å². The molecular weight excluding hydrogens is 422 g/mol. The Hall–Kier alpha value is -2.61. The highest BCUT2D eigenvalue weighted by atomic mass is 35.5. The van der Waals surface area contributed by atoms with Gasteiger partial charge in [-0.3, -0.25) is 10.1 Å². The maximum atomic E-state index is 12.7. The second-order valence-electron chi connectivity index (χ2n) is 6.60. The normalized spacial score (nSPS) is 10.3. The van der Waals surface area contributed by atoms with Crippen LogP contribution in [0.4, 0.5) is 10.8 Å². The van der Waals surface area contributed by atoms with Gasteiger partial charge >= 0.3 is 0 Å². The fraction of sp³-hybridized carbons (Fsp3) is 0.273. The molecule has 160 valence electrons. The molecule has 0 saturated heterocycles. The molecular formula is C22H26ClN3O3S. The summed E-state index contributed by atoms with van der Waals surface area (Å²) in [6.07, 6.45) is 4.04. The van der Waals surface area contributed by atoms with Crippen LogP contribution in [-0.2, 0) is 17.6 Å². The second-order valence-corrected chi connectivity index (χ2v) is 7.49. The smallest absolute Gasteiger partial charge is 0.257 e. The number of thiazole rings is 1. The summed E-state index contributed by atoms with van der Waals surface area (Å²) in [6, 6.07) is 13.5. The standard InChI is InChI=1S/C22H25N3O3S.ClH/c1-27-9-3-10-28-20-14-17(7-6-16-4-2-5-19(23)13-16)12-18(15-20)21(26)25-22-24-8-11-29-22;/h2,4-5,8,11-15H,3,6-7,9-10,23H2,1H3,(H,24,25,26);1H. The Labute approximate surface area is 186 Å². The van der Waals surface area contributed by atoms with Crippen molar-refractivity contribution in [2.24, 2.45) is 0 Å². The predicted molar refractivity (Wildman–Crippen MR) is 124 cm³/mol. The van der Waals surface area contributed by atoms with Crippen LogP contribution in [0.1, 0.15) is 27.9 Å². The minimum Gasteiger partial charge on any atom is -0.493 e. The minimum absolute atomic E-state index is 0. The van der Waals surface area contributed by atoms with E-state index in [0.717, 1.165) is 36.1 Å². The number of aromatic nitrogens is 1. The van der Waals surface area contributed by atoms with Crippen molar-refractivity contribution in [2.45, 2.75) is 19.3 Å². The van der Waals surface area contributed by atoms with Crippen molar-refractivity contribution < 1.29 is 14.3 Å². The number of carbonyl (C=O) groups is 1. The summed E-state index contributed by atoms with van der Waals surface area (Å²) in [6.45, 7) is 1.16. The number of carbonyl (C=O) groups excluding carboxylic acids is 1. The van der Waals surface area contributed by atoms with Crippen LogP contribution in [0.2, 0.25) is 0 Å². The van der Waals surface area contributed by atoms with Gasteiger partial charge in [0.25, 0.3) is 5.91 Å². The van der Waals surface area contributed by atoms with Gasteiger partial charge in [-0.15, -0.1) is 23.7 Å². The lowest BCUT2D eigenvalue weighted by Gasteiger charge is -2.12. The third-order valence-corrected chi connectivity index (χ3v) is 4.98. The molecule has 0 unspecified atom stereocenters. The Balaban J connectivity index is 0.00000320. The maximum absolute atomic E-state index is 12.7. The molecule has 6 nitrogen and oxygen atoms in total. The molecule has 0 fully saturated rings. The van der Waals surface area contributed by atoms with Crippen LogP contribution in [-0.4, -0.2) is 31.2 Å². The number of methoxy groups -OCH3 is 1. The summed E-state index contributed by atoms with van der Waals surface area (Å²) in [5.74, 6) is 0.475. The number of nitrogen functional groups attached to an aromatic ring is 1. The van der Waals surface area contributed by atoms with Crippen molar-refractivity contribution in [3.8, 4) is 5.75 Å². The first-order valence-electron chi connectivity index (χ1n) is 9.45. The van der Waals surface area contributed by atoms with E-state index in [-0.39, 0.29) is 18.3 Å². The number of aryl methyl sites for hydroxylation is 2. The SMILES string of the molecule is COCCCOc1cc(CCc2cccc(N)c2)cc(C(=O)Nc2nccs2)c1.Cl. The monoisotopic (exact) mass is 447 g/mol. The minimum atomic E-state index is -0.201. The topological polar surface area (TPSA) is 86.5 Å². The molecule has 0 spiro atoms. The van der Waals surface area contributed by atoms with Gasteiger partial charge in [0.15, 0.2) is 5.13 Å². The number of ether oxygens (including phenoxy) is 2. The average molecular weight is 448 g/mol. The molecule has 3 aromatic rings. The Morgan fingerprint density at radius 1 is 1.13 bits per heavy atom. The molecule has 3 rings (SSSR count). The Morgan fingerprint density at radius 2 is 1.97 bits per heavy atom. The van der Waals surface area contributed by atoms with E-state index in [0.29, 0.717) is 29.7 Å². The van der Waals surface area contributed by atoms with Crippen molar-refractivity contribution in [3.05, 3.63) is 70.7 Å². The molecule has 1 amide bonds. The highest BCUT2D eigenvalue weighted by Gasteiger charge is 2.12. The van der Waals surface area contributed by atoms with E-state index in [2.05, 4.69) is 16.4 Å². The number of amides is 1. The highest BCUT2D eigenvalue weighted by Crippen LogP contribution is 2.21. The lowest BCUT2D eigenvalue weighted by atomic mass is 10.0. The van der Waals surface area contributed by atoms with Crippen LogP contribution in [0.15, 0.2) is 54.0 Å². The van der Waals surface area contributed by atoms with Gasteiger partial charge in [0.05, 0.1) is 6.61 Å². The van der Waals surface area contributed by atoms with Crippen molar-refractivity contribution >= 4 is 40.5 Å². The Bertz CT molecular complexity index is 935. The predicted octanol–water partition coefficient (Wildman–Crippen LogP) is 4.60. The molecule has 0 aliphatic heterocycles. The number of halogens is 1. The number of hydrogen-bond donors (Lipinski definition) is 2. The fourth-order valence-electron chi connectivity index (χ4n) is 2.90. The number of benzene rings is 2. The summed E-state index contributed by atoms with van der Waals surface area (Å²) in [7, 11) is 1.66. The van der Waals surface area contributed by atoms with Crippen LogP contribution >= 0.6 is 23.7 Å². The van der Waals surface area contributed by atoms with Gasteiger partial charge in [0, 0.05) is 43.0 Å². The molecule has 0 aliphatic carbocycles. The number of hydrogen-bond acceptors (Lipinski definition) is 6. The van der Waals surface area contributed by atoms with Crippen molar-refractivity contribution in [3.63, 3.8) is 0 Å². The average Bonchev–Trinajstić information content (AvgIpc) is 3.23. The largest absolute Gasteiger partial charge is 0.493 e. The number of nitrogens with two attached hydrogens (primary N) is 1. The van der Waals surface area contributed by atoms with Crippen molar-refractivity contribution in [2.75, 3.05) is 31.4 Å². The zero-order valence-electron chi connectivity index (χ0n) is 16.8. The van der Waals surface area contributed by atoms with Gasteiger partial charge < -0.3 is 15.2 Å². The number of nitrogens with one attached hydrogen (secondary N) is 1. The van der Waals surface area contributed by atoms with Crippen LogP contribution in [0.3, 0.4) is 0 Å². The number of rotatable bonds is 10. The molecule has 0 radical (unpaired) electrons. The number of anilines is 2. The van der Waals surface area contributed by atoms with E-state index in [1.54, 1.807) is 19.4 Å². The van der Waals surface area contributed by atoms with Crippen LogP contribution in [0.25, 0.3) is 0 Å². The third-order valence-electron chi connectivity index (χ3n) is 4.30. The molecule has 0 bridgehead atoms. The molecule has 0 atom stereocenters. The molecule has 1 heterocycles. The number of nitrogens with zero attached hydrogens (tertiary/aromatic N) is 1. The van der Waals surface area contributed by atoms with Gasteiger partial charge in [-0.1, -0.05) is 12.1 Å². The lowest BCUT2D eigenvalue weighted by molar-refractivity contribution is 0.102. The molecule has 30 heavy (non-hydrogen) atoms. The molecule has 1 aromatic heterocycles. The van der Waals surface area contributed by atoms with E-state index in [1.807, 2.05) is 35.7 Å². The molecule has 3 N–H and O–H groups in total. The van der Waals surface area contributed by atoms with Gasteiger partial charge in [0.2, 0.25) is 0 Å². The first-order valence-corrected chi connectivity index (χ1v) is 10.3. The zero-order chi connectivity index (χ0) is 20.5. The Morgan fingerprint density at radius 3 is 2.70 bits per heavy atom. The van der Waals surface area contributed by atoms with Crippen LogP contribution < -0.4 is 15.8 Å². The van der Waals surface area contributed by atoms with Gasteiger partial charge in [0.1, 0.15) is 5.75 Å². The summed E-state index contributed by atoms with van der Waals surface area (Å²) in [5, 5.41) is 5.22. The van der Waals surface area contributed by atoms with Crippen LogP contribution in [0.5, 0.6) is 5.75 Å². The van der Waals surface area contributed by atoms with Gasteiger partial charge in [-0.25, -0.2) is 4.98 Å². The summed E-state index contributed by atoms with van der Waals surface area (Å²) >= 11 is 1.38. The fourth-order valence-corrected chi connectivity index (χ4v) is 3.43. The molecule has 8 heteroatoms. The van der Waals surface area contributed by atoms with Gasteiger partial charge in [-0.2, -0.15) is 0 Å². The summed E-state index contributed by atoms with van der Waals surface area (Å²) in [5.41, 5.74) is 9.36. The quantitative estimate of drug-likeness (QED) is 0.350. The maximum Gasteiger partial charge on any atom is 0.257 e. The lowest BCUT2D eigenvalue weighted by Crippen LogP contribution is -2.13. The Kier molecular flexibility index (Phi) is 9.60. The van der Waals surface area contributed by atoms with Gasteiger partial charge in [-0.05, 0) is 54.3 Å². The van der Waals surface area contributed by atoms with E-state index in [9.17, 15) is 4.79 Å². The zero-order valence-corrected chi connectivity index (χ0v) is 18.4. The first-order chi connectivity index (χ1) is 14.1. The summed E-state index contributed by atoms with van der Waals surface area (Å²) < 4.78 is 10.9. The van der Waals surface area contributed by atoms with E-state index in [4.69, 9.17) is 15.2 Å². The first kappa shape index (κ1) is 23.7. The van der Waals surface area contributed by atoms with E-state index in [1.165, 1.54) is 11.3 Å². The van der Waals surface area contributed by atoms with Crippen LogP contribution in [0, 0.1) is 0 Å². The summed E-state index contributed by atoms with van der Waals surface area (Å²) in [4.78, 5) is 16.8. The molecule has 2 aromatic carbocycles. The van der Waals surface area contributed by atoms with E-state index < -0.39 is 0 Å². The highest BCUT2D eigenvalue weighted by molar-refractivity contribution is 7.13. The second kappa shape index (κ2) is 12.2. The third kappa shape index (κ3) is 7.33. The van der Waals surface area contributed by atoms with Crippen molar-refractivity contribution in [1.29, 1.82) is 0 Å². The molecule has 0 aliphatic rings. The van der Waals surface area contributed by atoms with Crippen molar-refractivity contribution in [1.82, 2.24) is 4.98 Å².